The van der Waals surface area contributed by atoms with Crippen molar-refractivity contribution < 1.29 is 33.0 Å². The number of carbonyl (C=O) groups is 3. The van der Waals surface area contributed by atoms with Gasteiger partial charge in [0.1, 0.15) is 12.7 Å². The first-order chi connectivity index (χ1) is 19.7. The second-order valence-electron chi connectivity index (χ2n) is 9.47. The molecule has 1 saturated heterocycles. The van der Waals surface area contributed by atoms with Crippen molar-refractivity contribution in [1.29, 1.82) is 0 Å². The first-order valence-electron chi connectivity index (χ1n) is 12.7. The van der Waals surface area contributed by atoms with Gasteiger partial charge in [-0.1, -0.05) is 55.5 Å². The van der Waals surface area contributed by atoms with E-state index in [2.05, 4.69) is 25.6 Å². The zero-order chi connectivity index (χ0) is 29.1. The number of aromatic amines is 1. The zero-order valence-electron chi connectivity index (χ0n) is 21.9. The Bertz CT molecular complexity index is 1630. The fraction of sp³-hybridized carbons (Fsp3) is 0.296. The molecule has 1 aliphatic rings. The van der Waals surface area contributed by atoms with Gasteiger partial charge in [0.15, 0.2) is 29.7 Å². The molecule has 0 bridgehead atoms. The van der Waals surface area contributed by atoms with Gasteiger partial charge in [-0.05, 0) is 24.3 Å². The van der Waals surface area contributed by atoms with Crippen molar-refractivity contribution in [2.45, 2.75) is 38.5 Å². The van der Waals surface area contributed by atoms with Crippen LogP contribution < -0.4 is 10.9 Å². The molecule has 212 valence electrons. The maximum atomic E-state index is 15.8. The van der Waals surface area contributed by atoms with E-state index < -0.39 is 60.5 Å². The minimum atomic E-state index is -1.97. The number of alkyl halides is 1. The van der Waals surface area contributed by atoms with Gasteiger partial charge in [-0.2, -0.15) is 9.67 Å². The van der Waals surface area contributed by atoms with Gasteiger partial charge in [-0.25, -0.2) is 14.0 Å². The molecule has 0 unspecified atom stereocenters. The predicted octanol–water partition coefficient (Wildman–Crippen LogP) is 2.43. The summed E-state index contributed by atoms with van der Waals surface area (Å²) in [5, 5.41) is 10.2. The van der Waals surface area contributed by atoms with Crippen LogP contribution in [0.5, 0.6) is 0 Å². The van der Waals surface area contributed by atoms with Gasteiger partial charge in [0.2, 0.25) is 11.9 Å². The van der Waals surface area contributed by atoms with Crippen molar-refractivity contribution >= 4 is 35.0 Å². The summed E-state index contributed by atoms with van der Waals surface area (Å²) in [5.41, 5.74) is -0.687. The molecule has 0 spiro atoms. The van der Waals surface area contributed by atoms with E-state index in [1.807, 2.05) is 0 Å². The highest BCUT2D eigenvalue weighted by Gasteiger charge is 2.50. The number of rotatable bonds is 8. The van der Waals surface area contributed by atoms with Crippen molar-refractivity contribution in [2.75, 3.05) is 11.9 Å². The van der Waals surface area contributed by atoms with Crippen LogP contribution in [0.25, 0.3) is 11.2 Å². The van der Waals surface area contributed by atoms with Crippen molar-refractivity contribution in [2.24, 2.45) is 5.92 Å². The Kier molecular flexibility index (Phi) is 7.83. The molecule has 1 amide bonds. The molecule has 14 heteroatoms. The SMILES string of the molecule is CC(C)C(=O)Nc1nc2c(nnn2[C@@H]2O[C@H](COC(=O)c3ccccc3)[C@@H](F)[C@H]2OC(=O)c2ccccc2)c(=O)[nH]1. The summed E-state index contributed by atoms with van der Waals surface area (Å²) in [6, 6.07) is 16.0. The van der Waals surface area contributed by atoms with E-state index >= 15 is 4.39 Å². The number of halogens is 1. The molecular weight excluding hydrogens is 539 g/mol. The molecule has 4 aromatic rings. The van der Waals surface area contributed by atoms with Crippen molar-refractivity contribution in [1.82, 2.24) is 25.0 Å². The summed E-state index contributed by atoms with van der Waals surface area (Å²) in [4.78, 5) is 56.8. The zero-order valence-corrected chi connectivity index (χ0v) is 21.9. The van der Waals surface area contributed by atoms with E-state index in [9.17, 15) is 19.2 Å². The van der Waals surface area contributed by atoms with Crippen LogP contribution in [0.4, 0.5) is 10.3 Å². The van der Waals surface area contributed by atoms with E-state index in [0.717, 1.165) is 4.68 Å². The third kappa shape index (κ3) is 5.82. The Morgan fingerprint density at radius 1 is 1.05 bits per heavy atom. The highest BCUT2D eigenvalue weighted by molar-refractivity contribution is 5.91. The summed E-state index contributed by atoms with van der Waals surface area (Å²) >= 11 is 0. The lowest BCUT2D eigenvalue weighted by Crippen LogP contribution is -2.35. The predicted molar refractivity (Wildman–Crippen MR) is 141 cm³/mol. The van der Waals surface area contributed by atoms with E-state index in [4.69, 9.17) is 14.2 Å². The molecule has 2 aromatic heterocycles. The quantitative estimate of drug-likeness (QED) is 0.303. The Hall–Kier alpha value is -4.98. The van der Waals surface area contributed by atoms with E-state index in [1.165, 1.54) is 12.1 Å². The monoisotopic (exact) mass is 564 g/mol. The van der Waals surface area contributed by atoms with Gasteiger partial charge >= 0.3 is 11.9 Å². The summed E-state index contributed by atoms with van der Waals surface area (Å²) in [6.45, 7) is 2.80. The average Bonchev–Trinajstić information content (AvgIpc) is 3.53. The lowest BCUT2D eigenvalue weighted by Gasteiger charge is -2.20. The molecular formula is C27H25FN6O7. The molecule has 5 rings (SSSR count). The van der Waals surface area contributed by atoms with Gasteiger partial charge in [-0.15, -0.1) is 5.10 Å². The van der Waals surface area contributed by atoms with Crippen LogP contribution in [0.15, 0.2) is 65.5 Å². The molecule has 41 heavy (non-hydrogen) atoms. The standard InChI is InChI=1S/C27H25FN6O7/c1-14(2)22(35)30-27-29-21-19(23(36)31-27)32-33-34(21)24-20(41-26(38)16-11-7-4-8-12-16)18(28)17(40-24)13-39-25(37)15-9-5-3-6-10-15/h3-12,14,17-18,20,24H,13H2,1-2H3,(H2,29,30,31,35,36)/t17-,18-,20-,24-/m1/s1. The van der Waals surface area contributed by atoms with Gasteiger partial charge in [0.25, 0.3) is 5.56 Å². The van der Waals surface area contributed by atoms with E-state index in [0.29, 0.717) is 0 Å². The molecule has 4 atom stereocenters. The van der Waals surface area contributed by atoms with Crippen molar-refractivity contribution in [3.63, 3.8) is 0 Å². The Labute approximate surface area is 231 Å². The first kappa shape index (κ1) is 27.6. The number of nitrogens with zero attached hydrogens (tertiary/aromatic N) is 4. The molecule has 0 aliphatic carbocycles. The Morgan fingerprint density at radius 3 is 2.32 bits per heavy atom. The van der Waals surface area contributed by atoms with E-state index in [1.54, 1.807) is 62.4 Å². The fourth-order valence-electron chi connectivity index (χ4n) is 4.06. The number of benzene rings is 2. The molecule has 1 fully saturated rings. The van der Waals surface area contributed by atoms with Gasteiger partial charge in [0, 0.05) is 5.92 Å². The van der Waals surface area contributed by atoms with Crippen LogP contribution in [-0.4, -0.2) is 67.8 Å². The second kappa shape index (κ2) is 11.6. The summed E-state index contributed by atoms with van der Waals surface area (Å²) < 4.78 is 33.5. The van der Waals surface area contributed by atoms with Gasteiger partial charge in [0.05, 0.1) is 11.1 Å². The minimum absolute atomic E-state index is 0.160. The lowest BCUT2D eigenvalue weighted by molar-refractivity contribution is -0.118. The number of hydrogen-bond acceptors (Lipinski definition) is 10. The molecule has 1 aliphatic heterocycles. The molecule has 2 aromatic carbocycles. The second-order valence-corrected chi connectivity index (χ2v) is 9.47. The number of aromatic nitrogens is 5. The molecule has 0 saturated carbocycles. The number of esters is 2. The number of carbonyl (C=O) groups excluding carboxylic acids is 3. The maximum Gasteiger partial charge on any atom is 0.338 e. The van der Waals surface area contributed by atoms with Crippen LogP contribution in [0.2, 0.25) is 0 Å². The number of hydrogen-bond donors (Lipinski definition) is 2. The third-order valence-corrected chi connectivity index (χ3v) is 6.25. The average molecular weight is 565 g/mol. The Balaban J connectivity index is 1.46. The van der Waals surface area contributed by atoms with Gasteiger partial charge in [-0.3, -0.25) is 19.9 Å². The van der Waals surface area contributed by atoms with Crippen LogP contribution >= 0.6 is 0 Å². The maximum absolute atomic E-state index is 15.8. The summed E-state index contributed by atoms with van der Waals surface area (Å²) in [7, 11) is 0. The van der Waals surface area contributed by atoms with Crippen molar-refractivity contribution in [3.05, 3.63) is 82.1 Å². The van der Waals surface area contributed by atoms with Crippen LogP contribution in [0.3, 0.4) is 0 Å². The van der Waals surface area contributed by atoms with Crippen LogP contribution in [0, 0.1) is 5.92 Å². The highest BCUT2D eigenvalue weighted by atomic mass is 19.1. The van der Waals surface area contributed by atoms with Crippen molar-refractivity contribution in [3.8, 4) is 0 Å². The number of nitrogens with one attached hydrogen (secondary N) is 2. The highest BCUT2D eigenvalue weighted by Crippen LogP contribution is 2.35. The first-order valence-corrected chi connectivity index (χ1v) is 12.7. The van der Waals surface area contributed by atoms with Crippen LogP contribution in [0.1, 0.15) is 40.8 Å². The summed E-state index contributed by atoms with van der Waals surface area (Å²) in [5.74, 6) is -2.56. The Morgan fingerprint density at radius 2 is 1.68 bits per heavy atom. The minimum Gasteiger partial charge on any atom is -0.459 e. The number of amides is 1. The smallest absolute Gasteiger partial charge is 0.338 e. The summed E-state index contributed by atoms with van der Waals surface area (Å²) in [6.07, 6.45) is -6.39. The molecule has 13 nitrogen and oxygen atoms in total. The fourth-order valence-corrected chi connectivity index (χ4v) is 4.06. The normalized spacial score (nSPS) is 20.2. The lowest BCUT2D eigenvalue weighted by atomic mass is 10.1. The molecule has 0 radical (unpaired) electrons. The molecule has 3 heterocycles. The topological polar surface area (TPSA) is 167 Å². The van der Waals surface area contributed by atoms with Crippen LogP contribution in [-0.2, 0) is 19.0 Å². The number of H-pyrrole nitrogens is 1. The van der Waals surface area contributed by atoms with Gasteiger partial charge < -0.3 is 14.2 Å². The number of fused-ring (bicyclic) bond motifs is 1. The largest absolute Gasteiger partial charge is 0.459 e. The number of anilines is 1. The van der Waals surface area contributed by atoms with E-state index in [-0.39, 0.29) is 28.2 Å². The number of ether oxygens (including phenoxy) is 3. The third-order valence-electron chi connectivity index (χ3n) is 6.25. The molecule has 2 N–H and O–H groups in total.